The number of fused-ring (bicyclic) bond motifs is 1. The van der Waals surface area contributed by atoms with Crippen LogP contribution in [0, 0.1) is 0 Å². The summed E-state index contributed by atoms with van der Waals surface area (Å²) < 4.78 is 1.96. The summed E-state index contributed by atoms with van der Waals surface area (Å²) in [6.07, 6.45) is 11.0. The minimum atomic E-state index is 0.0578. The van der Waals surface area contributed by atoms with E-state index in [9.17, 15) is 0 Å². The molecule has 2 aromatic rings. The summed E-state index contributed by atoms with van der Waals surface area (Å²) in [6, 6.07) is 0.0578. The zero-order chi connectivity index (χ0) is 9.97. The van der Waals surface area contributed by atoms with Crippen molar-refractivity contribution in [2.24, 2.45) is 5.73 Å². The summed E-state index contributed by atoms with van der Waals surface area (Å²) in [4.78, 5) is 8.19. The van der Waals surface area contributed by atoms with Crippen LogP contribution in [0.1, 0.15) is 12.6 Å². The first-order valence-electron chi connectivity index (χ1n) is 4.48. The van der Waals surface area contributed by atoms with E-state index in [-0.39, 0.29) is 6.04 Å². The molecule has 0 aromatic carbocycles. The minimum absolute atomic E-state index is 0.0578. The van der Waals surface area contributed by atoms with Crippen LogP contribution in [0.5, 0.6) is 0 Å². The Morgan fingerprint density at radius 3 is 3.14 bits per heavy atom. The molecular formula is C10H12N4. The molecule has 0 aliphatic carbocycles. The number of hydrogen-bond donors (Lipinski definition) is 1. The van der Waals surface area contributed by atoms with Gasteiger partial charge in [0, 0.05) is 18.4 Å². The first-order valence-corrected chi connectivity index (χ1v) is 4.48. The van der Waals surface area contributed by atoms with Gasteiger partial charge in [-0.05, 0) is 13.0 Å². The van der Waals surface area contributed by atoms with Crippen molar-refractivity contribution >= 4 is 11.7 Å². The molecule has 2 aromatic heterocycles. The van der Waals surface area contributed by atoms with Crippen molar-refractivity contribution in [3.63, 3.8) is 0 Å². The number of nitrogens with two attached hydrogens (primary N) is 1. The molecule has 0 aliphatic rings. The van der Waals surface area contributed by atoms with Gasteiger partial charge in [0.15, 0.2) is 5.65 Å². The molecule has 2 heterocycles. The Hall–Kier alpha value is -1.68. The van der Waals surface area contributed by atoms with E-state index in [1.54, 1.807) is 18.6 Å². The maximum atomic E-state index is 5.62. The highest BCUT2D eigenvalue weighted by molar-refractivity contribution is 5.51. The van der Waals surface area contributed by atoms with E-state index in [1.807, 2.05) is 29.7 Å². The maximum absolute atomic E-state index is 5.62. The SMILES string of the molecule is CC(N)/C=C/c1cnc2cnccn12. The highest BCUT2D eigenvalue weighted by Crippen LogP contribution is 2.06. The van der Waals surface area contributed by atoms with E-state index in [2.05, 4.69) is 9.97 Å². The number of nitrogens with zero attached hydrogens (tertiary/aromatic N) is 3. The van der Waals surface area contributed by atoms with Crippen molar-refractivity contribution in [1.82, 2.24) is 14.4 Å². The summed E-state index contributed by atoms with van der Waals surface area (Å²) in [5.74, 6) is 0. The van der Waals surface area contributed by atoms with Crippen LogP contribution in [0.4, 0.5) is 0 Å². The summed E-state index contributed by atoms with van der Waals surface area (Å²) >= 11 is 0. The third kappa shape index (κ3) is 1.65. The Morgan fingerprint density at radius 1 is 1.50 bits per heavy atom. The molecule has 4 nitrogen and oxygen atoms in total. The van der Waals surface area contributed by atoms with Crippen LogP contribution < -0.4 is 5.73 Å². The Morgan fingerprint density at radius 2 is 2.36 bits per heavy atom. The summed E-state index contributed by atoms with van der Waals surface area (Å²) in [5.41, 5.74) is 7.48. The molecule has 0 fully saturated rings. The number of imidazole rings is 1. The van der Waals surface area contributed by atoms with Crippen molar-refractivity contribution in [1.29, 1.82) is 0 Å². The molecule has 2 N–H and O–H groups in total. The van der Waals surface area contributed by atoms with E-state index < -0.39 is 0 Å². The largest absolute Gasteiger partial charge is 0.325 e. The van der Waals surface area contributed by atoms with E-state index in [4.69, 9.17) is 5.73 Å². The van der Waals surface area contributed by atoms with Crippen molar-refractivity contribution in [2.75, 3.05) is 0 Å². The lowest BCUT2D eigenvalue weighted by atomic mass is 10.3. The fraction of sp³-hybridized carbons (Fsp3) is 0.200. The average molecular weight is 188 g/mol. The van der Waals surface area contributed by atoms with Gasteiger partial charge >= 0.3 is 0 Å². The third-order valence-corrected chi connectivity index (χ3v) is 1.92. The highest BCUT2D eigenvalue weighted by atomic mass is 15.0. The number of aromatic nitrogens is 3. The highest BCUT2D eigenvalue weighted by Gasteiger charge is 1.98. The second-order valence-corrected chi connectivity index (χ2v) is 3.21. The van der Waals surface area contributed by atoms with Gasteiger partial charge in [-0.3, -0.25) is 9.38 Å². The van der Waals surface area contributed by atoms with Crippen molar-refractivity contribution in [3.8, 4) is 0 Å². The van der Waals surface area contributed by atoms with E-state index in [1.165, 1.54) is 0 Å². The van der Waals surface area contributed by atoms with Gasteiger partial charge in [-0.15, -0.1) is 0 Å². The molecule has 0 saturated carbocycles. The van der Waals surface area contributed by atoms with Gasteiger partial charge in [0.25, 0.3) is 0 Å². The fourth-order valence-electron chi connectivity index (χ4n) is 1.24. The van der Waals surface area contributed by atoms with Crippen LogP contribution in [0.2, 0.25) is 0 Å². The van der Waals surface area contributed by atoms with Gasteiger partial charge in [0.05, 0.1) is 18.1 Å². The van der Waals surface area contributed by atoms with Gasteiger partial charge in [0.1, 0.15) is 0 Å². The number of rotatable bonds is 2. The fourth-order valence-corrected chi connectivity index (χ4v) is 1.24. The van der Waals surface area contributed by atoms with Gasteiger partial charge in [-0.1, -0.05) is 6.08 Å². The molecule has 0 amide bonds. The zero-order valence-electron chi connectivity index (χ0n) is 7.96. The third-order valence-electron chi connectivity index (χ3n) is 1.92. The minimum Gasteiger partial charge on any atom is -0.325 e. The van der Waals surface area contributed by atoms with Crippen molar-refractivity contribution in [2.45, 2.75) is 13.0 Å². The van der Waals surface area contributed by atoms with Gasteiger partial charge in [0.2, 0.25) is 0 Å². The van der Waals surface area contributed by atoms with Crippen LogP contribution >= 0.6 is 0 Å². The van der Waals surface area contributed by atoms with E-state index >= 15 is 0 Å². The number of hydrogen-bond acceptors (Lipinski definition) is 3. The molecule has 0 spiro atoms. The molecule has 0 aliphatic heterocycles. The summed E-state index contributed by atoms with van der Waals surface area (Å²) in [6.45, 7) is 1.93. The lowest BCUT2D eigenvalue weighted by Crippen LogP contribution is -2.10. The molecule has 14 heavy (non-hydrogen) atoms. The summed E-state index contributed by atoms with van der Waals surface area (Å²) in [5, 5.41) is 0. The molecule has 0 saturated heterocycles. The molecule has 2 rings (SSSR count). The van der Waals surface area contributed by atoms with Crippen LogP contribution in [-0.2, 0) is 0 Å². The standard InChI is InChI=1S/C10H12N4/c1-8(11)2-3-9-6-13-10-7-12-4-5-14(9)10/h2-8H,11H2,1H3/b3-2+. The van der Waals surface area contributed by atoms with Crippen molar-refractivity contribution in [3.05, 3.63) is 36.6 Å². The second kappa shape index (κ2) is 3.59. The van der Waals surface area contributed by atoms with Crippen LogP contribution in [0.15, 0.2) is 30.9 Å². The smallest absolute Gasteiger partial charge is 0.155 e. The topological polar surface area (TPSA) is 56.2 Å². The van der Waals surface area contributed by atoms with Gasteiger partial charge < -0.3 is 5.73 Å². The van der Waals surface area contributed by atoms with Crippen molar-refractivity contribution < 1.29 is 0 Å². The summed E-state index contributed by atoms with van der Waals surface area (Å²) in [7, 11) is 0. The Balaban J connectivity index is 2.43. The predicted octanol–water partition coefficient (Wildman–Crippen LogP) is 1.09. The molecular weight excluding hydrogens is 176 g/mol. The average Bonchev–Trinajstić information content (AvgIpc) is 2.58. The van der Waals surface area contributed by atoms with E-state index in [0.29, 0.717) is 0 Å². The molecule has 0 bridgehead atoms. The Bertz CT molecular complexity index is 456. The van der Waals surface area contributed by atoms with E-state index in [0.717, 1.165) is 11.3 Å². The molecule has 1 unspecified atom stereocenters. The first-order chi connectivity index (χ1) is 6.77. The molecule has 4 heteroatoms. The van der Waals surface area contributed by atoms with Gasteiger partial charge in [-0.25, -0.2) is 4.98 Å². The Labute approximate surface area is 82.1 Å². The monoisotopic (exact) mass is 188 g/mol. The molecule has 72 valence electrons. The second-order valence-electron chi connectivity index (χ2n) is 3.21. The predicted molar refractivity (Wildman–Crippen MR) is 55.7 cm³/mol. The van der Waals surface area contributed by atoms with Gasteiger partial charge in [-0.2, -0.15) is 0 Å². The first kappa shape index (κ1) is 8.90. The van der Waals surface area contributed by atoms with Crippen LogP contribution in [0.3, 0.4) is 0 Å². The molecule has 0 radical (unpaired) electrons. The maximum Gasteiger partial charge on any atom is 0.155 e. The zero-order valence-corrected chi connectivity index (χ0v) is 7.96. The Kier molecular flexibility index (Phi) is 2.28. The quantitative estimate of drug-likeness (QED) is 0.767. The van der Waals surface area contributed by atoms with Crippen LogP contribution in [-0.4, -0.2) is 20.4 Å². The normalized spacial score (nSPS) is 13.9. The molecule has 1 atom stereocenters. The lowest BCUT2D eigenvalue weighted by Gasteiger charge is -1.96. The lowest BCUT2D eigenvalue weighted by molar-refractivity contribution is 0.929. The van der Waals surface area contributed by atoms with Crippen LogP contribution in [0.25, 0.3) is 11.7 Å².